The van der Waals surface area contributed by atoms with Crippen molar-refractivity contribution in [1.82, 2.24) is 4.72 Å². The summed E-state index contributed by atoms with van der Waals surface area (Å²) in [5, 5.41) is 12.8. The zero-order chi connectivity index (χ0) is 15.2. The largest absolute Gasteiger partial charge is 0.394 e. The lowest BCUT2D eigenvalue weighted by molar-refractivity contribution is 0.202. The summed E-state index contributed by atoms with van der Waals surface area (Å²) in [6.07, 6.45) is 1.58. The minimum Gasteiger partial charge on any atom is -0.394 e. The van der Waals surface area contributed by atoms with Gasteiger partial charge in [-0.25, -0.2) is 13.1 Å². The van der Waals surface area contributed by atoms with Crippen LogP contribution in [-0.4, -0.2) is 32.2 Å². The van der Waals surface area contributed by atoms with Crippen LogP contribution in [-0.2, 0) is 10.0 Å². The van der Waals surface area contributed by atoms with Crippen LogP contribution in [0.25, 0.3) is 0 Å². The molecule has 0 saturated carbocycles. The van der Waals surface area contributed by atoms with Gasteiger partial charge in [0.25, 0.3) is 0 Å². The number of sulfonamides is 1. The lowest BCUT2D eigenvalue weighted by Crippen LogP contribution is -2.40. The second kappa shape index (κ2) is 7.06. The highest BCUT2D eigenvalue weighted by Gasteiger charge is 2.24. The molecule has 1 aromatic carbocycles. The van der Waals surface area contributed by atoms with E-state index in [4.69, 9.17) is 0 Å². The Morgan fingerprint density at radius 2 is 1.65 bits per heavy atom. The topological polar surface area (TPSA) is 78.4 Å². The van der Waals surface area contributed by atoms with Crippen LogP contribution in [0.1, 0.15) is 33.6 Å². The first-order valence-corrected chi connectivity index (χ1v) is 8.40. The highest BCUT2D eigenvalue weighted by atomic mass is 32.2. The van der Waals surface area contributed by atoms with Gasteiger partial charge in [-0.15, -0.1) is 0 Å². The predicted octanol–water partition coefficient (Wildman–Crippen LogP) is 1.95. The normalized spacial score (nSPS) is 12.4. The van der Waals surface area contributed by atoms with Gasteiger partial charge in [0, 0.05) is 12.2 Å². The molecule has 3 N–H and O–H groups in total. The first-order chi connectivity index (χ1) is 9.43. The van der Waals surface area contributed by atoms with Crippen LogP contribution in [0, 0.1) is 0 Å². The molecule has 0 atom stereocenters. The maximum Gasteiger partial charge on any atom is 0.240 e. The van der Waals surface area contributed by atoms with Crippen molar-refractivity contribution in [1.29, 1.82) is 0 Å². The van der Waals surface area contributed by atoms with Crippen LogP contribution in [0.5, 0.6) is 0 Å². The average molecular weight is 300 g/mol. The number of anilines is 1. The van der Waals surface area contributed by atoms with Crippen molar-refractivity contribution in [3.8, 4) is 0 Å². The van der Waals surface area contributed by atoms with Crippen LogP contribution in [0.4, 0.5) is 5.69 Å². The third-order valence-corrected chi connectivity index (χ3v) is 5.13. The van der Waals surface area contributed by atoms with Gasteiger partial charge in [-0.3, -0.25) is 0 Å². The molecule has 0 bridgehead atoms. The van der Waals surface area contributed by atoms with Gasteiger partial charge >= 0.3 is 0 Å². The first kappa shape index (κ1) is 16.9. The number of aliphatic hydroxyl groups excluding tert-OH is 1. The van der Waals surface area contributed by atoms with E-state index in [9.17, 15) is 13.5 Å². The van der Waals surface area contributed by atoms with Crippen LogP contribution in [0.15, 0.2) is 29.2 Å². The van der Waals surface area contributed by atoms with Gasteiger partial charge in [0.15, 0.2) is 0 Å². The van der Waals surface area contributed by atoms with Crippen molar-refractivity contribution < 1.29 is 13.5 Å². The second-order valence-electron chi connectivity index (χ2n) is 4.80. The van der Waals surface area contributed by atoms with Crippen LogP contribution >= 0.6 is 0 Å². The highest BCUT2D eigenvalue weighted by Crippen LogP contribution is 2.23. The summed E-state index contributed by atoms with van der Waals surface area (Å²) in [6, 6.07) is 6.57. The van der Waals surface area contributed by atoms with E-state index in [0.717, 1.165) is 18.5 Å². The fourth-order valence-corrected chi connectivity index (χ4v) is 3.03. The molecule has 20 heavy (non-hydrogen) atoms. The molecule has 0 radical (unpaired) electrons. The van der Waals surface area contributed by atoms with Gasteiger partial charge in [-0.2, -0.15) is 0 Å². The van der Waals surface area contributed by atoms with Gasteiger partial charge in [-0.1, -0.05) is 20.8 Å². The molecule has 6 heteroatoms. The van der Waals surface area contributed by atoms with E-state index in [-0.39, 0.29) is 17.0 Å². The summed E-state index contributed by atoms with van der Waals surface area (Å²) in [6.45, 7) is 6.16. The Morgan fingerprint density at radius 1 is 1.10 bits per heavy atom. The number of nitrogens with one attached hydrogen (secondary N) is 2. The molecule has 0 aliphatic carbocycles. The zero-order valence-corrected chi connectivity index (χ0v) is 13.1. The van der Waals surface area contributed by atoms with Crippen molar-refractivity contribution in [2.24, 2.45) is 0 Å². The Bertz CT molecular complexity index is 499. The standard InChI is InChI=1S/C14H24N2O3S/c1-4-14(5-2,11-17)16-12-7-9-13(10-8-12)20(18,19)15-6-3/h7-10,15-17H,4-6,11H2,1-3H3. The van der Waals surface area contributed by atoms with Gasteiger partial charge in [0.05, 0.1) is 17.0 Å². The molecule has 5 nitrogen and oxygen atoms in total. The molecule has 0 aliphatic heterocycles. The van der Waals surface area contributed by atoms with E-state index < -0.39 is 10.0 Å². The second-order valence-corrected chi connectivity index (χ2v) is 6.56. The fraction of sp³-hybridized carbons (Fsp3) is 0.571. The highest BCUT2D eigenvalue weighted by molar-refractivity contribution is 7.89. The van der Waals surface area contributed by atoms with Gasteiger partial charge in [-0.05, 0) is 37.1 Å². The smallest absolute Gasteiger partial charge is 0.240 e. The molecule has 1 aromatic rings. The monoisotopic (exact) mass is 300 g/mol. The SMILES string of the molecule is CCNS(=O)(=O)c1ccc(NC(CC)(CC)CO)cc1. The predicted molar refractivity (Wildman–Crippen MR) is 81.3 cm³/mol. The number of hydrogen-bond donors (Lipinski definition) is 3. The van der Waals surface area contributed by atoms with E-state index in [1.165, 1.54) is 0 Å². The third-order valence-electron chi connectivity index (χ3n) is 3.56. The summed E-state index contributed by atoms with van der Waals surface area (Å²) in [5.41, 5.74) is 0.445. The number of hydrogen-bond acceptors (Lipinski definition) is 4. The van der Waals surface area contributed by atoms with Crippen molar-refractivity contribution in [2.75, 3.05) is 18.5 Å². The summed E-state index contributed by atoms with van der Waals surface area (Å²) < 4.78 is 26.1. The molecular weight excluding hydrogens is 276 g/mol. The quantitative estimate of drug-likeness (QED) is 0.685. The van der Waals surface area contributed by atoms with Crippen molar-refractivity contribution in [2.45, 2.75) is 44.0 Å². The Kier molecular flexibility index (Phi) is 5.98. The Morgan fingerprint density at radius 3 is 2.05 bits per heavy atom. The third kappa shape index (κ3) is 3.94. The molecule has 1 rings (SSSR count). The molecule has 0 spiro atoms. The van der Waals surface area contributed by atoms with Gasteiger partial charge in [0.1, 0.15) is 0 Å². The molecule has 0 aromatic heterocycles. The average Bonchev–Trinajstić information content (AvgIpc) is 2.45. The van der Waals surface area contributed by atoms with Crippen LogP contribution in [0.3, 0.4) is 0 Å². The van der Waals surface area contributed by atoms with E-state index in [1.54, 1.807) is 31.2 Å². The van der Waals surface area contributed by atoms with E-state index in [2.05, 4.69) is 10.0 Å². The Hall–Kier alpha value is -1.11. The molecule has 0 aliphatic rings. The molecule has 0 unspecified atom stereocenters. The zero-order valence-electron chi connectivity index (χ0n) is 12.3. The summed E-state index contributed by atoms with van der Waals surface area (Å²) >= 11 is 0. The summed E-state index contributed by atoms with van der Waals surface area (Å²) in [7, 11) is -3.41. The minimum absolute atomic E-state index is 0.0391. The lowest BCUT2D eigenvalue weighted by atomic mass is 9.93. The van der Waals surface area contributed by atoms with Gasteiger partial charge in [0.2, 0.25) is 10.0 Å². The number of benzene rings is 1. The molecule has 114 valence electrons. The molecular formula is C14H24N2O3S. The maximum absolute atomic E-state index is 11.8. The lowest BCUT2D eigenvalue weighted by Gasteiger charge is -2.32. The Balaban J connectivity index is 2.92. The summed E-state index contributed by atoms with van der Waals surface area (Å²) in [4.78, 5) is 0.243. The minimum atomic E-state index is -3.41. The Labute approximate surface area is 121 Å². The molecule has 0 amide bonds. The molecule has 0 fully saturated rings. The van der Waals surface area contributed by atoms with Gasteiger partial charge < -0.3 is 10.4 Å². The first-order valence-electron chi connectivity index (χ1n) is 6.91. The van der Waals surface area contributed by atoms with Crippen LogP contribution < -0.4 is 10.0 Å². The van der Waals surface area contributed by atoms with Crippen molar-refractivity contribution in [3.63, 3.8) is 0 Å². The number of aliphatic hydroxyl groups is 1. The maximum atomic E-state index is 11.8. The van der Waals surface area contributed by atoms with Crippen molar-refractivity contribution in [3.05, 3.63) is 24.3 Å². The molecule has 0 heterocycles. The van der Waals surface area contributed by atoms with Crippen molar-refractivity contribution >= 4 is 15.7 Å². The van der Waals surface area contributed by atoms with E-state index >= 15 is 0 Å². The van der Waals surface area contributed by atoms with E-state index in [0.29, 0.717) is 6.54 Å². The van der Waals surface area contributed by atoms with Crippen LogP contribution in [0.2, 0.25) is 0 Å². The fourth-order valence-electron chi connectivity index (χ4n) is 1.99. The molecule has 0 saturated heterocycles. The van der Waals surface area contributed by atoms with E-state index in [1.807, 2.05) is 13.8 Å². The summed E-state index contributed by atoms with van der Waals surface area (Å²) in [5.74, 6) is 0. The number of rotatable bonds is 8.